The maximum atomic E-state index is 9.18. The Morgan fingerprint density at radius 1 is 1.24 bits per heavy atom. The van der Waals surface area contributed by atoms with Crippen molar-refractivity contribution in [1.82, 2.24) is 15.0 Å². The van der Waals surface area contributed by atoms with Crippen LogP contribution in [-0.2, 0) is 12.8 Å². The summed E-state index contributed by atoms with van der Waals surface area (Å²) in [6.07, 6.45) is 3.24. The van der Waals surface area contributed by atoms with Crippen molar-refractivity contribution in [3.8, 4) is 11.5 Å². The van der Waals surface area contributed by atoms with Gasteiger partial charge in [-0.15, -0.1) is 0 Å². The monoisotopic (exact) mass is 286 g/mol. The SMILES string of the molecule is CN(CC(O)O)c1nc(-c2ccccn2)nc2c1CCC2. The fourth-order valence-corrected chi connectivity index (χ4v) is 2.67. The molecule has 1 aliphatic rings. The third-order valence-corrected chi connectivity index (χ3v) is 3.60. The fraction of sp³-hybridized carbons (Fsp3) is 0.400. The summed E-state index contributed by atoms with van der Waals surface area (Å²) in [6, 6.07) is 5.63. The third-order valence-electron chi connectivity index (χ3n) is 3.60. The molecule has 0 aromatic carbocycles. The Morgan fingerprint density at radius 2 is 2.10 bits per heavy atom. The summed E-state index contributed by atoms with van der Waals surface area (Å²) in [6.45, 7) is 0.116. The number of hydrogen-bond acceptors (Lipinski definition) is 6. The maximum absolute atomic E-state index is 9.18. The highest BCUT2D eigenvalue weighted by atomic mass is 16.5. The summed E-state index contributed by atoms with van der Waals surface area (Å²) in [7, 11) is 1.81. The van der Waals surface area contributed by atoms with E-state index >= 15 is 0 Å². The van der Waals surface area contributed by atoms with E-state index < -0.39 is 6.29 Å². The van der Waals surface area contributed by atoms with E-state index in [-0.39, 0.29) is 6.54 Å². The van der Waals surface area contributed by atoms with E-state index in [9.17, 15) is 10.2 Å². The molecule has 0 aliphatic heterocycles. The van der Waals surface area contributed by atoms with Gasteiger partial charge in [-0.2, -0.15) is 0 Å². The van der Waals surface area contributed by atoms with E-state index in [1.807, 2.05) is 25.2 Å². The molecular weight excluding hydrogens is 268 g/mol. The van der Waals surface area contributed by atoms with Crippen molar-refractivity contribution in [3.05, 3.63) is 35.7 Å². The van der Waals surface area contributed by atoms with Gasteiger partial charge in [0.05, 0.1) is 6.54 Å². The highest BCUT2D eigenvalue weighted by molar-refractivity contribution is 5.58. The van der Waals surface area contributed by atoms with E-state index in [4.69, 9.17) is 0 Å². The molecule has 2 N–H and O–H groups in total. The molecule has 2 heterocycles. The average Bonchev–Trinajstić information content (AvgIpc) is 2.94. The Balaban J connectivity index is 2.05. The lowest BCUT2D eigenvalue weighted by molar-refractivity contribution is -0.0315. The molecule has 2 aromatic heterocycles. The van der Waals surface area contributed by atoms with E-state index in [0.717, 1.165) is 42.0 Å². The summed E-state index contributed by atoms with van der Waals surface area (Å²) in [5, 5.41) is 18.4. The van der Waals surface area contributed by atoms with Gasteiger partial charge in [-0.1, -0.05) is 6.07 Å². The topological polar surface area (TPSA) is 82.4 Å². The highest BCUT2D eigenvalue weighted by Gasteiger charge is 2.22. The van der Waals surface area contributed by atoms with Crippen molar-refractivity contribution < 1.29 is 10.2 Å². The Bertz CT molecular complexity index is 631. The first kappa shape index (κ1) is 13.9. The zero-order valence-electron chi connectivity index (χ0n) is 11.9. The van der Waals surface area contributed by atoms with E-state index in [2.05, 4.69) is 15.0 Å². The molecule has 0 bridgehead atoms. The van der Waals surface area contributed by atoms with Crippen LogP contribution in [0.3, 0.4) is 0 Å². The Labute approximate surface area is 123 Å². The smallest absolute Gasteiger partial charge is 0.180 e. The number of aliphatic hydroxyl groups excluding tert-OH is 1. The van der Waals surface area contributed by atoms with Gasteiger partial charge in [0.2, 0.25) is 0 Å². The predicted octanol–water partition coefficient (Wildman–Crippen LogP) is 0.774. The van der Waals surface area contributed by atoms with E-state index in [0.29, 0.717) is 5.82 Å². The number of fused-ring (bicyclic) bond motifs is 1. The van der Waals surface area contributed by atoms with Crippen LogP contribution in [0.2, 0.25) is 0 Å². The van der Waals surface area contributed by atoms with Gasteiger partial charge in [-0.05, 0) is 31.4 Å². The van der Waals surface area contributed by atoms with Crippen molar-refractivity contribution >= 4 is 5.82 Å². The number of likely N-dealkylation sites (N-methyl/N-ethyl adjacent to an activating group) is 1. The summed E-state index contributed by atoms with van der Waals surface area (Å²) in [4.78, 5) is 15.3. The minimum atomic E-state index is -1.39. The van der Waals surface area contributed by atoms with Gasteiger partial charge >= 0.3 is 0 Å². The van der Waals surface area contributed by atoms with Gasteiger partial charge in [-0.25, -0.2) is 9.97 Å². The molecule has 0 atom stereocenters. The van der Waals surface area contributed by atoms with Gasteiger partial charge in [-0.3, -0.25) is 4.98 Å². The lowest BCUT2D eigenvalue weighted by Gasteiger charge is -2.22. The van der Waals surface area contributed by atoms with Crippen LogP contribution in [0.15, 0.2) is 24.4 Å². The first-order chi connectivity index (χ1) is 10.1. The van der Waals surface area contributed by atoms with Crippen molar-refractivity contribution in [2.24, 2.45) is 0 Å². The first-order valence-electron chi connectivity index (χ1n) is 7.03. The Morgan fingerprint density at radius 3 is 2.81 bits per heavy atom. The van der Waals surface area contributed by atoms with Crippen molar-refractivity contribution in [1.29, 1.82) is 0 Å². The normalized spacial score (nSPS) is 13.5. The van der Waals surface area contributed by atoms with Crippen LogP contribution in [0, 0.1) is 0 Å². The van der Waals surface area contributed by atoms with Crippen LogP contribution in [0.5, 0.6) is 0 Å². The molecule has 2 aromatic rings. The molecule has 0 fully saturated rings. The molecule has 0 unspecified atom stereocenters. The number of rotatable bonds is 4. The first-order valence-corrected chi connectivity index (χ1v) is 7.03. The van der Waals surface area contributed by atoms with Gasteiger partial charge in [0.25, 0.3) is 0 Å². The fourth-order valence-electron chi connectivity index (χ4n) is 2.67. The van der Waals surface area contributed by atoms with E-state index in [1.165, 1.54) is 0 Å². The van der Waals surface area contributed by atoms with Crippen LogP contribution in [-0.4, -0.2) is 45.0 Å². The molecule has 0 amide bonds. The predicted molar refractivity (Wildman–Crippen MR) is 78.8 cm³/mol. The molecule has 3 rings (SSSR count). The minimum Gasteiger partial charge on any atom is -0.367 e. The lowest BCUT2D eigenvalue weighted by atomic mass is 10.2. The molecule has 6 nitrogen and oxygen atoms in total. The standard InChI is InChI=1S/C15H18N4O2/c1-19(9-13(20)21)15-10-5-4-7-11(10)17-14(18-15)12-6-2-3-8-16-12/h2-3,6,8,13,20-21H,4-5,7,9H2,1H3. The van der Waals surface area contributed by atoms with Gasteiger partial charge in [0, 0.05) is 24.5 Å². The van der Waals surface area contributed by atoms with Crippen molar-refractivity contribution in [3.63, 3.8) is 0 Å². The number of aliphatic hydroxyl groups is 2. The summed E-state index contributed by atoms with van der Waals surface area (Å²) >= 11 is 0. The van der Waals surface area contributed by atoms with Gasteiger partial charge < -0.3 is 15.1 Å². The largest absolute Gasteiger partial charge is 0.367 e. The zero-order chi connectivity index (χ0) is 14.8. The molecule has 0 radical (unpaired) electrons. The Kier molecular flexibility index (Phi) is 3.81. The molecule has 0 saturated heterocycles. The van der Waals surface area contributed by atoms with Gasteiger partial charge in [0.1, 0.15) is 11.5 Å². The number of aryl methyl sites for hydroxylation is 1. The van der Waals surface area contributed by atoms with Crippen LogP contribution in [0.1, 0.15) is 17.7 Å². The maximum Gasteiger partial charge on any atom is 0.180 e. The molecule has 110 valence electrons. The minimum absolute atomic E-state index is 0.116. The number of nitrogens with zero attached hydrogens (tertiary/aromatic N) is 4. The van der Waals surface area contributed by atoms with E-state index in [1.54, 1.807) is 11.1 Å². The number of aromatic nitrogens is 3. The lowest BCUT2D eigenvalue weighted by Crippen LogP contribution is -2.30. The Hall–Kier alpha value is -2.05. The van der Waals surface area contributed by atoms with Crippen LogP contribution >= 0.6 is 0 Å². The molecule has 0 saturated carbocycles. The third kappa shape index (κ3) is 2.86. The van der Waals surface area contributed by atoms with Crippen LogP contribution < -0.4 is 4.90 Å². The van der Waals surface area contributed by atoms with Crippen molar-refractivity contribution in [2.75, 3.05) is 18.5 Å². The summed E-state index contributed by atoms with van der Waals surface area (Å²) < 4.78 is 0. The quantitative estimate of drug-likeness (QED) is 0.808. The molecule has 0 spiro atoms. The molecule has 1 aliphatic carbocycles. The molecule has 6 heteroatoms. The second-order valence-electron chi connectivity index (χ2n) is 5.23. The number of hydrogen-bond donors (Lipinski definition) is 2. The number of pyridine rings is 1. The zero-order valence-corrected chi connectivity index (χ0v) is 11.9. The highest BCUT2D eigenvalue weighted by Crippen LogP contribution is 2.30. The second kappa shape index (κ2) is 5.75. The van der Waals surface area contributed by atoms with Crippen molar-refractivity contribution in [2.45, 2.75) is 25.6 Å². The van der Waals surface area contributed by atoms with Crippen LogP contribution in [0.4, 0.5) is 5.82 Å². The van der Waals surface area contributed by atoms with Gasteiger partial charge in [0.15, 0.2) is 12.1 Å². The summed E-state index contributed by atoms with van der Waals surface area (Å²) in [5.41, 5.74) is 2.88. The molecule has 21 heavy (non-hydrogen) atoms. The second-order valence-corrected chi connectivity index (χ2v) is 5.23. The van der Waals surface area contributed by atoms with Crippen LogP contribution in [0.25, 0.3) is 11.5 Å². The number of anilines is 1. The molecular formula is C15H18N4O2. The summed E-state index contributed by atoms with van der Waals surface area (Å²) in [5.74, 6) is 1.36. The average molecular weight is 286 g/mol.